The summed E-state index contributed by atoms with van der Waals surface area (Å²) in [6.45, 7) is 30.6. The Labute approximate surface area is 242 Å². The van der Waals surface area contributed by atoms with E-state index < -0.39 is 0 Å². The second-order valence-electron chi connectivity index (χ2n) is 13.1. The number of allylic oxidation sites excluding steroid dienone is 2. The number of hydrogen-bond acceptors (Lipinski definition) is 5. The zero-order valence-corrected chi connectivity index (χ0v) is 25.7. The van der Waals surface area contributed by atoms with E-state index in [1.807, 2.05) is 12.3 Å². The van der Waals surface area contributed by atoms with Gasteiger partial charge in [-0.25, -0.2) is 4.98 Å². The highest BCUT2D eigenvalue weighted by Gasteiger charge is 2.23. The summed E-state index contributed by atoms with van der Waals surface area (Å²) in [4.78, 5) is 9.35. The molecule has 1 aliphatic rings. The van der Waals surface area contributed by atoms with E-state index in [1.165, 1.54) is 11.3 Å². The predicted molar refractivity (Wildman–Crippen MR) is 170 cm³/mol. The lowest BCUT2D eigenvalue weighted by Crippen LogP contribution is -2.46. The fraction of sp³-hybridized carbons (Fsp3) is 0.485. The Morgan fingerprint density at radius 1 is 0.923 bits per heavy atom. The first-order valence-corrected chi connectivity index (χ1v) is 14.4. The Bertz CT molecular complexity index is 1150. The SMILES string of the molecule is C=C(CC(C)(C)C)NCCc1ccc(C(=C)Nc2cnc(N3CCN(C(=C)CC(C)(C)C)CC3)c(Cl)c2)cc1. The van der Waals surface area contributed by atoms with E-state index in [4.69, 9.17) is 16.6 Å². The largest absolute Gasteiger partial charge is 0.388 e. The maximum absolute atomic E-state index is 6.69. The van der Waals surface area contributed by atoms with Crippen molar-refractivity contribution < 1.29 is 0 Å². The lowest BCUT2D eigenvalue weighted by Gasteiger charge is -2.39. The average molecular weight is 550 g/mol. The van der Waals surface area contributed by atoms with E-state index in [0.717, 1.165) is 80.4 Å². The molecule has 0 bridgehead atoms. The van der Waals surface area contributed by atoms with Crippen molar-refractivity contribution in [3.63, 3.8) is 0 Å². The first-order chi connectivity index (χ1) is 18.2. The van der Waals surface area contributed by atoms with Crippen LogP contribution < -0.4 is 15.5 Å². The van der Waals surface area contributed by atoms with Gasteiger partial charge in [0.25, 0.3) is 0 Å². The molecule has 0 unspecified atom stereocenters. The van der Waals surface area contributed by atoms with Gasteiger partial charge in [-0.05, 0) is 47.3 Å². The van der Waals surface area contributed by atoms with Gasteiger partial charge in [0.2, 0.25) is 0 Å². The summed E-state index contributed by atoms with van der Waals surface area (Å²) in [5.41, 5.74) is 6.76. The molecule has 0 spiro atoms. The molecule has 2 aromatic rings. The third-order valence-electron chi connectivity index (χ3n) is 6.71. The quantitative estimate of drug-likeness (QED) is 0.297. The maximum Gasteiger partial charge on any atom is 0.147 e. The van der Waals surface area contributed by atoms with Gasteiger partial charge in [-0.3, -0.25) is 0 Å². The summed E-state index contributed by atoms with van der Waals surface area (Å²) in [5, 5.41) is 7.47. The zero-order chi connectivity index (χ0) is 28.8. The van der Waals surface area contributed by atoms with Crippen molar-refractivity contribution in [3.8, 4) is 0 Å². The molecule has 1 aromatic carbocycles. The van der Waals surface area contributed by atoms with Crippen LogP contribution in [0, 0.1) is 10.8 Å². The van der Waals surface area contributed by atoms with E-state index in [9.17, 15) is 0 Å². The Kier molecular flexibility index (Phi) is 10.2. The van der Waals surface area contributed by atoms with Crippen molar-refractivity contribution in [1.29, 1.82) is 0 Å². The molecule has 2 heterocycles. The number of benzene rings is 1. The third kappa shape index (κ3) is 9.96. The molecule has 1 saturated heterocycles. The first kappa shape index (κ1) is 30.6. The van der Waals surface area contributed by atoms with Gasteiger partial charge in [0, 0.05) is 49.8 Å². The molecule has 0 aliphatic carbocycles. The molecule has 212 valence electrons. The zero-order valence-electron chi connectivity index (χ0n) is 25.0. The highest BCUT2D eigenvalue weighted by molar-refractivity contribution is 6.33. The molecular weight excluding hydrogens is 502 g/mol. The number of pyridine rings is 1. The first-order valence-electron chi connectivity index (χ1n) is 14.0. The molecule has 0 radical (unpaired) electrons. The fourth-order valence-corrected chi connectivity index (χ4v) is 5.18. The van der Waals surface area contributed by atoms with Crippen molar-refractivity contribution in [2.75, 3.05) is 42.9 Å². The van der Waals surface area contributed by atoms with E-state index >= 15 is 0 Å². The van der Waals surface area contributed by atoms with Crippen LogP contribution >= 0.6 is 11.6 Å². The van der Waals surface area contributed by atoms with Gasteiger partial charge in [0.05, 0.1) is 16.9 Å². The number of nitrogens with one attached hydrogen (secondary N) is 2. The molecular formula is C33H48ClN5. The van der Waals surface area contributed by atoms with Gasteiger partial charge in [-0.1, -0.05) is 97.1 Å². The normalized spacial score (nSPS) is 14.2. The third-order valence-corrected chi connectivity index (χ3v) is 6.99. The summed E-state index contributed by atoms with van der Waals surface area (Å²) < 4.78 is 0. The van der Waals surface area contributed by atoms with Gasteiger partial charge in [-0.15, -0.1) is 0 Å². The van der Waals surface area contributed by atoms with Crippen molar-refractivity contribution in [2.45, 2.75) is 60.8 Å². The smallest absolute Gasteiger partial charge is 0.147 e. The van der Waals surface area contributed by atoms with E-state index in [1.54, 1.807) is 0 Å². The lowest BCUT2D eigenvalue weighted by molar-refractivity contribution is 0.276. The molecule has 3 rings (SSSR count). The van der Waals surface area contributed by atoms with Crippen LogP contribution in [0.15, 0.2) is 67.7 Å². The molecule has 1 aliphatic heterocycles. The summed E-state index contributed by atoms with van der Waals surface area (Å²) in [6, 6.07) is 10.4. The minimum Gasteiger partial charge on any atom is -0.388 e. The minimum atomic E-state index is 0.243. The van der Waals surface area contributed by atoms with Gasteiger partial charge >= 0.3 is 0 Å². The second kappa shape index (κ2) is 13.0. The summed E-state index contributed by atoms with van der Waals surface area (Å²) in [7, 11) is 0. The van der Waals surface area contributed by atoms with Crippen LogP contribution in [0.5, 0.6) is 0 Å². The van der Waals surface area contributed by atoms with Crippen LogP contribution in [-0.2, 0) is 6.42 Å². The summed E-state index contributed by atoms with van der Waals surface area (Å²) in [6.07, 6.45) is 4.76. The van der Waals surface area contributed by atoms with E-state index in [2.05, 4.69) is 106 Å². The molecule has 39 heavy (non-hydrogen) atoms. The van der Waals surface area contributed by atoms with Gasteiger partial charge in [0.15, 0.2) is 0 Å². The molecule has 1 aromatic heterocycles. The average Bonchev–Trinajstić information content (AvgIpc) is 2.82. The molecule has 5 nitrogen and oxygen atoms in total. The molecule has 2 N–H and O–H groups in total. The molecule has 0 amide bonds. The maximum atomic E-state index is 6.69. The van der Waals surface area contributed by atoms with Crippen molar-refractivity contribution in [1.82, 2.24) is 15.2 Å². The Hall–Kier alpha value is -2.92. The Morgan fingerprint density at radius 2 is 1.54 bits per heavy atom. The van der Waals surface area contributed by atoms with Crippen LogP contribution in [0.3, 0.4) is 0 Å². The number of anilines is 2. The van der Waals surface area contributed by atoms with E-state index in [-0.39, 0.29) is 10.8 Å². The molecule has 0 saturated carbocycles. The van der Waals surface area contributed by atoms with Crippen LogP contribution in [0.25, 0.3) is 5.70 Å². The van der Waals surface area contributed by atoms with Crippen LogP contribution in [0.1, 0.15) is 65.5 Å². The van der Waals surface area contributed by atoms with Crippen LogP contribution in [-0.4, -0.2) is 42.6 Å². The van der Waals surface area contributed by atoms with Gasteiger partial charge in [0.1, 0.15) is 5.82 Å². The fourth-order valence-electron chi connectivity index (χ4n) is 4.90. The number of aromatic nitrogens is 1. The summed E-state index contributed by atoms with van der Waals surface area (Å²) in [5.74, 6) is 0.831. The Balaban J connectivity index is 1.49. The van der Waals surface area contributed by atoms with Gasteiger partial charge in [-0.2, -0.15) is 0 Å². The van der Waals surface area contributed by atoms with Crippen molar-refractivity contribution in [3.05, 3.63) is 83.8 Å². The summed E-state index contributed by atoms with van der Waals surface area (Å²) >= 11 is 6.69. The molecule has 6 heteroatoms. The Morgan fingerprint density at radius 3 is 2.10 bits per heavy atom. The standard InChI is InChI=1S/C33H48ClN5/c1-24(21-32(4,5)6)35-15-14-27-10-12-28(13-11-27)26(3)37-29-20-30(34)31(36-23-29)39-18-16-38(17-19-39)25(2)22-33(7,8)9/h10-13,20,23,35,37H,1-3,14-19,21-22H2,4-9H3. The number of halogens is 1. The van der Waals surface area contributed by atoms with Crippen molar-refractivity contribution in [2.24, 2.45) is 10.8 Å². The number of rotatable bonds is 11. The van der Waals surface area contributed by atoms with Crippen LogP contribution in [0.4, 0.5) is 11.5 Å². The minimum absolute atomic E-state index is 0.243. The highest BCUT2D eigenvalue weighted by atomic mass is 35.5. The second-order valence-corrected chi connectivity index (χ2v) is 13.5. The highest BCUT2D eigenvalue weighted by Crippen LogP contribution is 2.30. The van der Waals surface area contributed by atoms with Crippen LogP contribution in [0.2, 0.25) is 5.02 Å². The lowest BCUT2D eigenvalue weighted by atomic mass is 9.90. The topological polar surface area (TPSA) is 43.4 Å². The van der Waals surface area contributed by atoms with E-state index in [0.29, 0.717) is 5.02 Å². The monoisotopic (exact) mass is 549 g/mol. The predicted octanol–water partition coefficient (Wildman–Crippen LogP) is 7.97. The molecule has 0 atom stereocenters. The number of nitrogens with zero attached hydrogens (tertiary/aromatic N) is 3. The number of piperazine rings is 1. The number of hydrogen-bond donors (Lipinski definition) is 2. The molecule has 1 fully saturated rings. The van der Waals surface area contributed by atoms with Gasteiger partial charge < -0.3 is 20.4 Å². The van der Waals surface area contributed by atoms with Crippen molar-refractivity contribution >= 4 is 28.8 Å².